The summed E-state index contributed by atoms with van der Waals surface area (Å²) in [5.41, 5.74) is -1.66. The normalized spacial score (nSPS) is 19.3. The minimum atomic E-state index is -4.47. The van der Waals surface area contributed by atoms with Crippen LogP contribution < -0.4 is 0 Å². The summed E-state index contributed by atoms with van der Waals surface area (Å²) in [4.78, 5) is 10.8. The molecule has 3 nitrogen and oxygen atoms in total. The molecule has 0 amide bonds. The molecule has 1 atom stereocenters. The molecule has 0 aromatic heterocycles. The topological polar surface area (TPSA) is 57.5 Å². The molecule has 1 unspecified atom stereocenters. The highest BCUT2D eigenvalue weighted by Gasteiger charge is 2.53. The molecule has 1 fully saturated rings. The Bertz CT molecular complexity index is 478. The monoisotopic (exact) mass is 260 g/mol. The molecular weight excluding hydrogens is 249 g/mol. The van der Waals surface area contributed by atoms with E-state index in [1.54, 1.807) is 0 Å². The highest BCUT2D eigenvalue weighted by molar-refractivity contribution is 5.75. The third kappa shape index (κ3) is 2.08. The second-order valence-corrected chi connectivity index (χ2v) is 4.48. The van der Waals surface area contributed by atoms with Gasteiger partial charge in [-0.25, -0.2) is 4.79 Å². The average Bonchev–Trinajstić information content (AvgIpc) is 3.08. The average molecular weight is 260 g/mol. The molecule has 18 heavy (non-hydrogen) atoms. The molecule has 1 aromatic rings. The van der Waals surface area contributed by atoms with E-state index in [0.717, 1.165) is 12.1 Å². The SMILES string of the molecule is O=C(O)C(O)C1(c2cccc(C(F)(F)F)c2)CC1. The first-order chi connectivity index (χ1) is 8.27. The Morgan fingerprint density at radius 1 is 1.33 bits per heavy atom. The maximum atomic E-state index is 12.6. The Hall–Kier alpha value is -1.56. The summed E-state index contributed by atoms with van der Waals surface area (Å²) < 4.78 is 37.7. The van der Waals surface area contributed by atoms with E-state index in [1.165, 1.54) is 12.1 Å². The van der Waals surface area contributed by atoms with Crippen molar-refractivity contribution >= 4 is 5.97 Å². The smallest absolute Gasteiger partial charge is 0.416 e. The van der Waals surface area contributed by atoms with E-state index < -0.39 is 29.2 Å². The summed E-state index contributed by atoms with van der Waals surface area (Å²) in [5, 5.41) is 18.4. The zero-order chi connectivity index (χ0) is 13.6. The van der Waals surface area contributed by atoms with Crippen LogP contribution >= 0.6 is 0 Å². The predicted molar refractivity (Wildman–Crippen MR) is 56.0 cm³/mol. The standard InChI is InChI=1S/C12H11F3O3/c13-12(14,15)8-3-1-2-7(6-8)11(4-5-11)9(16)10(17)18/h1-3,6,9,16H,4-5H2,(H,17,18). The largest absolute Gasteiger partial charge is 0.479 e. The molecule has 1 aromatic carbocycles. The Morgan fingerprint density at radius 2 is 1.94 bits per heavy atom. The highest BCUT2D eigenvalue weighted by Crippen LogP contribution is 2.51. The van der Waals surface area contributed by atoms with Gasteiger partial charge in [0, 0.05) is 5.41 Å². The van der Waals surface area contributed by atoms with Gasteiger partial charge in [-0.3, -0.25) is 0 Å². The number of aliphatic hydroxyl groups is 1. The van der Waals surface area contributed by atoms with Gasteiger partial charge in [0.25, 0.3) is 0 Å². The predicted octanol–water partition coefficient (Wildman–Crippen LogP) is 2.18. The van der Waals surface area contributed by atoms with Crippen molar-refractivity contribution in [2.75, 3.05) is 0 Å². The van der Waals surface area contributed by atoms with Crippen LogP contribution in [0.1, 0.15) is 24.0 Å². The molecule has 0 bridgehead atoms. The lowest BCUT2D eigenvalue weighted by Gasteiger charge is -2.20. The van der Waals surface area contributed by atoms with Crippen LogP contribution in [0.2, 0.25) is 0 Å². The minimum Gasteiger partial charge on any atom is -0.479 e. The lowest BCUT2D eigenvalue weighted by Crippen LogP contribution is -2.34. The van der Waals surface area contributed by atoms with Crippen molar-refractivity contribution in [3.63, 3.8) is 0 Å². The van der Waals surface area contributed by atoms with Crippen molar-refractivity contribution in [1.29, 1.82) is 0 Å². The first-order valence-corrected chi connectivity index (χ1v) is 5.36. The van der Waals surface area contributed by atoms with Crippen molar-refractivity contribution in [3.05, 3.63) is 35.4 Å². The van der Waals surface area contributed by atoms with Crippen LogP contribution in [0, 0.1) is 0 Å². The number of hydrogen-bond acceptors (Lipinski definition) is 2. The second-order valence-electron chi connectivity index (χ2n) is 4.48. The summed E-state index contributed by atoms with van der Waals surface area (Å²) in [6.45, 7) is 0. The molecule has 2 rings (SSSR count). The van der Waals surface area contributed by atoms with Crippen LogP contribution in [0.3, 0.4) is 0 Å². The van der Waals surface area contributed by atoms with E-state index in [0.29, 0.717) is 12.8 Å². The number of alkyl halides is 3. The zero-order valence-corrected chi connectivity index (χ0v) is 9.24. The van der Waals surface area contributed by atoms with Gasteiger partial charge in [0.15, 0.2) is 6.10 Å². The molecule has 0 aliphatic heterocycles. The number of benzene rings is 1. The molecule has 0 radical (unpaired) electrons. The minimum absolute atomic E-state index is 0.229. The quantitative estimate of drug-likeness (QED) is 0.875. The summed E-state index contributed by atoms with van der Waals surface area (Å²) in [6.07, 6.45) is -5.38. The van der Waals surface area contributed by atoms with Gasteiger partial charge in [0.1, 0.15) is 0 Å². The van der Waals surface area contributed by atoms with Crippen LogP contribution in [0.25, 0.3) is 0 Å². The Morgan fingerprint density at radius 3 is 2.39 bits per heavy atom. The van der Waals surface area contributed by atoms with Gasteiger partial charge in [-0.15, -0.1) is 0 Å². The lowest BCUT2D eigenvalue weighted by atomic mass is 9.89. The lowest BCUT2D eigenvalue weighted by molar-refractivity contribution is -0.148. The summed E-state index contributed by atoms with van der Waals surface area (Å²) in [5.74, 6) is -1.41. The zero-order valence-electron chi connectivity index (χ0n) is 9.24. The van der Waals surface area contributed by atoms with Crippen LogP contribution in [0.4, 0.5) is 13.2 Å². The third-order valence-corrected chi connectivity index (χ3v) is 3.31. The van der Waals surface area contributed by atoms with E-state index in [-0.39, 0.29) is 5.56 Å². The Kier molecular flexibility index (Phi) is 2.85. The maximum Gasteiger partial charge on any atom is 0.416 e. The molecule has 0 heterocycles. The first-order valence-electron chi connectivity index (χ1n) is 5.36. The van der Waals surface area contributed by atoms with E-state index in [9.17, 15) is 23.1 Å². The van der Waals surface area contributed by atoms with Gasteiger partial charge >= 0.3 is 12.1 Å². The summed E-state index contributed by atoms with van der Waals surface area (Å²) in [7, 11) is 0. The number of halogens is 3. The fourth-order valence-corrected chi connectivity index (χ4v) is 2.10. The molecule has 0 saturated heterocycles. The van der Waals surface area contributed by atoms with Crippen LogP contribution in [-0.2, 0) is 16.4 Å². The van der Waals surface area contributed by atoms with Gasteiger partial charge in [-0.05, 0) is 24.5 Å². The number of carbonyl (C=O) groups is 1. The van der Waals surface area contributed by atoms with E-state index in [2.05, 4.69) is 0 Å². The third-order valence-electron chi connectivity index (χ3n) is 3.31. The molecule has 1 saturated carbocycles. The van der Waals surface area contributed by atoms with Crippen molar-refractivity contribution in [3.8, 4) is 0 Å². The molecule has 1 aliphatic rings. The van der Waals surface area contributed by atoms with Crippen molar-refractivity contribution < 1.29 is 28.2 Å². The summed E-state index contributed by atoms with van der Waals surface area (Å²) >= 11 is 0. The fourth-order valence-electron chi connectivity index (χ4n) is 2.10. The molecule has 1 aliphatic carbocycles. The van der Waals surface area contributed by atoms with Crippen LogP contribution in [-0.4, -0.2) is 22.3 Å². The van der Waals surface area contributed by atoms with Crippen LogP contribution in [0.15, 0.2) is 24.3 Å². The number of hydrogen-bond donors (Lipinski definition) is 2. The number of aliphatic carboxylic acids is 1. The number of rotatable bonds is 3. The molecule has 2 N–H and O–H groups in total. The Labute approximate surface area is 101 Å². The molecule has 98 valence electrons. The molecular formula is C12H11F3O3. The van der Waals surface area contributed by atoms with Gasteiger partial charge < -0.3 is 10.2 Å². The van der Waals surface area contributed by atoms with E-state index in [1.807, 2.05) is 0 Å². The van der Waals surface area contributed by atoms with Crippen molar-refractivity contribution in [1.82, 2.24) is 0 Å². The van der Waals surface area contributed by atoms with E-state index >= 15 is 0 Å². The molecule has 0 spiro atoms. The van der Waals surface area contributed by atoms with Gasteiger partial charge in [-0.2, -0.15) is 13.2 Å². The van der Waals surface area contributed by atoms with Crippen molar-refractivity contribution in [2.45, 2.75) is 30.5 Å². The van der Waals surface area contributed by atoms with Gasteiger partial charge in [0.05, 0.1) is 5.56 Å². The maximum absolute atomic E-state index is 12.6. The summed E-state index contributed by atoms with van der Waals surface area (Å²) in [6, 6.07) is 4.49. The van der Waals surface area contributed by atoms with Crippen molar-refractivity contribution in [2.24, 2.45) is 0 Å². The first kappa shape index (κ1) is 12.9. The second kappa shape index (κ2) is 3.98. The molecule has 6 heteroatoms. The fraction of sp³-hybridized carbons (Fsp3) is 0.417. The van der Waals surface area contributed by atoms with Crippen LogP contribution in [0.5, 0.6) is 0 Å². The number of aliphatic hydroxyl groups excluding tert-OH is 1. The van der Waals surface area contributed by atoms with Gasteiger partial charge in [-0.1, -0.05) is 18.2 Å². The highest BCUT2D eigenvalue weighted by atomic mass is 19.4. The number of carboxylic acids is 1. The van der Waals surface area contributed by atoms with E-state index in [4.69, 9.17) is 5.11 Å². The Balaban J connectivity index is 2.38. The van der Waals surface area contributed by atoms with Gasteiger partial charge in [0.2, 0.25) is 0 Å². The number of carboxylic acid groups (broad SMARTS) is 1.